The van der Waals surface area contributed by atoms with Gasteiger partial charge in [0.15, 0.2) is 0 Å². The Hall–Kier alpha value is -1.41. The van der Waals surface area contributed by atoms with Gasteiger partial charge < -0.3 is 4.90 Å². The molecule has 112 valence electrons. The minimum Gasteiger partial charge on any atom is -0.342 e. The van der Waals surface area contributed by atoms with E-state index in [1.165, 1.54) is 23.1 Å². The smallest absolute Gasteiger partial charge is 0.233 e. The van der Waals surface area contributed by atoms with Gasteiger partial charge >= 0.3 is 0 Å². The average Bonchev–Trinajstić information content (AvgIpc) is 3.18. The first-order chi connectivity index (χ1) is 10.3. The first kappa shape index (κ1) is 14.5. The van der Waals surface area contributed by atoms with Crippen LogP contribution in [0, 0.1) is 0 Å². The second kappa shape index (κ2) is 7.04. The molecule has 1 aliphatic rings. The molecule has 21 heavy (non-hydrogen) atoms. The fourth-order valence-electron chi connectivity index (χ4n) is 2.31. The summed E-state index contributed by atoms with van der Waals surface area (Å²) in [5, 5.41) is 14.5. The molecule has 3 heterocycles. The van der Waals surface area contributed by atoms with Crippen LogP contribution in [0.1, 0.15) is 24.1 Å². The maximum Gasteiger partial charge on any atom is 0.233 e. The van der Waals surface area contributed by atoms with Gasteiger partial charge in [-0.15, -0.1) is 16.4 Å². The van der Waals surface area contributed by atoms with Crippen molar-refractivity contribution in [2.24, 2.45) is 0 Å². The Balaban J connectivity index is 1.55. The number of carbonyl (C=O) groups is 1. The summed E-state index contributed by atoms with van der Waals surface area (Å²) < 4.78 is 1.75. The van der Waals surface area contributed by atoms with Gasteiger partial charge in [-0.2, -0.15) is 0 Å². The van der Waals surface area contributed by atoms with Gasteiger partial charge in [-0.3, -0.25) is 4.79 Å². The monoisotopic (exact) mass is 323 g/mol. The number of hydrogen-bond acceptors (Lipinski definition) is 6. The Kier molecular flexibility index (Phi) is 4.87. The van der Waals surface area contributed by atoms with Crippen molar-refractivity contribution in [1.82, 2.24) is 25.1 Å². The topological polar surface area (TPSA) is 63.9 Å². The van der Waals surface area contributed by atoms with Crippen molar-refractivity contribution in [1.29, 1.82) is 0 Å². The van der Waals surface area contributed by atoms with E-state index in [1.54, 1.807) is 16.0 Å². The summed E-state index contributed by atoms with van der Waals surface area (Å²) in [6.45, 7) is 2.43. The van der Waals surface area contributed by atoms with E-state index < -0.39 is 0 Å². The van der Waals surface area contributed by atoms with E-state index in [-0.39, 0.29) is 5.91 Å². The summed E-state index contributed by atoms with van der Waals surface area (Å²) in [4.78, 5) is 15.3. The van der Waals surface area contributed by atoms with Crippen molar-refractivity contribution in [3.05, 3.63) is 22.4 Å². The third kappa shape index (κ3) is 3.82. The van der Waals surface area contributed by atoms with Gasteiger partial charge in [0.25, 0.3) is 0 Å². The van der Waals surface area contributed by atoms with Gasteiger partial charge in [0.1, 0.15) is 0 Å². The molecule has 0 radical (unpaired) electrons. The van der Waals surface area contributed by atoms with E-state index in [2.05, 4.69) is 21.6 Å². The number of thioether (sulfide) groups is 1. The minimum atomic E-state index is 0.186. The van der Waals surface area contributed by atoms with Crippen molar-refractivity contribution >= 4 is 29.0 Å². The van der Waals surface area contributed by atoms with Crippen LogP contribution in [-0.4, -0.2) is 49.9 Å². The number of piperidine rings is 1. The Bertz CT molecular complexity index is 577. The molecule has 0 atom stereocenters. The summed E-state index contributed by atoms with van der Waals surface area (Å²) in [5.41, 5.74) is 0. The van der Waals surface area contributed by atoms with Crippen molar-refractivity contribution < 1.29 is 4.79 Å². The minimum absolute atomic E-state index is 0.186. The quantitative estimate of drug-likeness (QED) is 0.786. The second-order valence-corrected chi connectivity index (χ2v) is 6.90. The molecule has 0 aliphatic carbocycles. The lowest BCUT2D eigenvalue weighted by Gasteiger charge is -2.26. The number of carbonyl (C=O) groups excluding carboxylic acids is 1. The molecule has 6 nitrogen and oxygen atoms in total. The fourth-order valence-corrected chi connectivity index (χ4v) is 3.78. The standard InChI is InChI=1S/C13H17N5OS2/c19-12(17-6-2-1-3-7-17)10-21-13-14-15-16-18(13)9-11-5-4-8-20-11/h4-5,8H,1-3,6-7,9-10H2. The first-order valence-corrected chi connectivity index (χ1v) is 8.88. The van der Waals surface area contributed by atoms with Gasteiger partial charge in [-0.1, -0.05) is 17.8 Å². The molecule has 1 fully saturated rings. The Morgan fingerprint density at radius 3 is 2.95 bits per heavy atom. The molecule has 0 N–H and O–H groups in total. The van der Waals surface area contributed by atoms with Crippen molar-refractivity contribution in [2.45, 2.75) is 31.0 Å². The highest BCUT2D eigenvalue weighted by Crippen LogP contribution is 2.18. The predicted molar refractivity (Wildman–Crippen MR) is 82.4 cm³/mol. The number of nitrogens with zero attached hydrogens (tertiary/aromatic N) is 5. The van der Waals surface area contributed by atoms with Crippen LogP contribution in [0.2, 0.25) is 0 Å². The van der Waals surface area contributed by atoms with Crippen molar-refractivity contribution in [3.8, 4) is 0 Å². The molecular weight excluding hydrogens is 306 g/mol. The van der Waals surface area contributed by atoms with Crippen LogP contribution in [-0.2, 0) is 11.3 Å². The summed E-state index contributed by atoms with van der Waals surface area (Å²) in [7, 11) is 0. The molecule has 0 saturated carbocycles. The number of hydrogen-bond donors (Lipinski definition) is 0. The molecule has 2 aromatic heterocycles. The van der Waals surface area contributed by atoms with Crippen molar-refractivity contribution in [2.75, 3.05) is 18.8 Å². The predicted octanol–water partition coefficient (Wildman–Crippen LogP) is 1.89. The van der Waals surface area contributed by atoms with E-state index in [1.807, 2.05) is 16.3 Å². The molecule has 1 aliphatic heterocycles. The SMILES string of the molecule is O=C(CSc1nnnn1Cc1cccs1)N1CCCCC1. The average molecular weight is 323 g/mol. The molecule has 0 spiro atoms. The number of aromatic nitrogens is 4. The van der Waals surface area contributed by atoms with Crippen LogP contribution in [0.4, 0.5) is 0 Å². The third-order valence-electron chi connectivity index (χ3n) is 3.42. The zero-order valence-corrected chi connectivity index (χ0v) is 13.3. The normalized spacial score (nSPS) is 15.3. The summed E-state index contributed by atoms with van der Waals surface area (Å²) in [5.74, 6) is 0.593. The van der Waals surface area contributed by atoms with Crippen LogP contribution < -0.4 is 0 Å². The molecule has 3 rings (SSSR count). The van der Waals surface area contributed by atoms with Crippen LogP contribution >= 0.6 is 23.1 Å². The Morgan fingerprint density at radius 2 is 2.19 bits per heavy atom. The highest BCUT2D eigenvalue weighted by Gasteiger charge is 2.18. The van der Waals surface area contributed by atoms with E-state index in [0.717, 1.165) is 25.9 Å². The Morgan fingerprint density at radius 1 is 1.33 bits per heavy atom. The zero-order valence-electron chi connectivity index (χ0n) is 11.6. The Labute approximate surface area is 131 Å². The molecule has 8 heteroatoms. The third-order valence-corrected chi connectivity index (χ3v) is 5.22. The van der Waals surface area contributed by atoms with Gasteiger partial charge in [0.2, 0.25) is 11.1 Å². The maximum atomic E-state index is 12.2. The lowest BCUT2D eigenvalue weighted by atomic mass is 10.1. The number of tetrazole rings is 1. The van der Waals surface area contributed by atoms with Crippen molar-refractivity contribution in [3.63, 3.8) is 0 Å². The molecule has 1 amide bonds. The largest absolute Gasteiger partial charge is 0.342 e. The van der Waals surface area contributed by atoms with E-state index in [4.69, 9.17) is 0 Å². The number of thiophene rings is 1. The van der Waals surface area contributed by atoms with Gasteiger partial charge in [-0.25, -0.2) is 4.68 Å². The van der Waals surface area contributed by atoms with Gasteiger partial charge in [0.05, 0.1) is 12.3 Å². The maximum absolute atomic E-state index is 12.2. The molecule has 1 saturated heterocycles. The molecule has 0 unspecified atom stereocenters. The second-order valence-electron chi connectivity index (χ2n) is 4.93. The fraction of sp³-hybridized carbons (Fsp3) is 0.538. The number of rotatable bonds is 5. The van der Waals surface area contributed by atoms with Crippen LogP contribution in [0.25, 0.3) is 0 Å². The summed E-state index contributed by atoms with van der Waals surface area (Å²) >= 11 is 3.09. The first-order valence-electron chi connectivity index (χ1n) is 7.02. The molecule has 0 aromatic carbocycles. The lowest BCUT2D eigenvalue weighted by Crippen LogP contribution is -2.36. The summed E-state index contributed by atoms with van der Waals surface area (Å²) in [6.07, 6.45) is 3.47. The highest BCUT2D eigenvalue weighted by molar-refractivity contribution is 7.99. The number of likely N-dealkylation sites (tertiary alicyclic amines) is 1. The lowest BCUT2D eigenvalue weighted by molar-refractivity contribution is -0.129. The van der Waals surface area contributed by atoms with Crippen LogP contribution in [0.5, 0.6) is 0 Å². The summed E-state index contributed by atoms with van der Waals surface area (Å²) in [6, 6.07) is 4.07. The van der Waals surface area contributed by atoms with Gasteiger partial charge in [0, 0.05) is 18.0 Å². The molecule has 0 bridgehead atoms. The van der Waals surface area contributed by atoms with Crippen LogP contribution in [0.15, 0.2) is 22.7 Å². The van der Waals surface area contributed by atoms with Gasteiger partial charge in [-0.05, 0) is 41.1 Å². The highest BCUT2D eigenvalue weighted by atomic mass is 32.2. The van der Waals surface area contributed by atoms with E-state index in [0.29, 0.717) is 17.5 Å². The van der Waals surface area contributed by atoms with E-state index in [9.17, 15) is 4.79 Å². The van der Waals surface area contributed by atoms with E-state index >= 15 is 0 Å². The van der Waals surface area contributed by atoms with Crippen LogP contribution in [0.3, 0.4) is 0 Å². The molecule has 2 aromatic rings. The number of amides is 1. The zero-order chi connectivity index (χ0) is 14.5. The molecular formula is C13H17N5OS2.